The van der Waals surface area contributed by atoms with Crippen LogP contribution in [0.1, 0.15) is 55.3 Å². The molecule has 6 heteroatoms. The first kappa shape index (κ1) is 21.7. The monoisotopic (exact) mass is 458 g/mol. The van der Waals surface area contributed by atoms with Crippen molar-refractivity contribution in [3.05, 3.63) is 53.9 Å². The Kier molecular flexibility index (Phi) is 5.77. The molecule has 0 radical (unpaired) electrons. The maximum Gasteiger partial charge on any atom is 0.142 e. The van der Waals surface area contributed by atoms with Crippen molar-refractivity contribution >= 4 is 22.4 Å². The third kappa shape index (κ3) is 3.98. The Hall–Kier alpha value is -2.86. The third-order valence-corrected chi connectivity index (χ3v) is 7.83. The second-order valence-electron chi connectivity index (χ2n) is 9.95. The number of hydrogen-bond acceptors (Lipinski definition) is 6. The maximum atomic E-state index is 5.66. The molecule has 3 aliphatic rings. The molecule has 1 saturated carbocycles. The maximum absolute atomic E-state index is 5.66. The summed E-state index contributed by atoms with van der Waals surface area (Å²) in [6.45, 7) is 3.93. The molecule has 6 nitrogen and oxygen atoms in total. The molecule has 1 atom stereocenters. The molecule has 6 rings (SSSR count). The number of nitrogens with zero attached hydrogens (tertiary/aromatic N) is 4. The summed E-state index contributed by atoms with van der Waals surface area (Å²) in [7, 11) is 3.59. The van der Waals surface area contributed by atoms with Crippen molar-refractivity contribution < 1.29 is 9.47 Å². The molecule has 0 N–H and O–H groups in total. The molecule has 178 valence electrons. The van der Waals surface area contributed by atoms with E-state index in [0.29, 0.717) is 17.9 Å². The summed E-state index contributed by atoms with van der Waals surface area (Å²) in [5.41, 5.74) is 3.66. The number of anilines is 2. The lowest BCUT2D eigenvalue weighted by Gasteiger charge is -2.35. The predicted octanol–water partition coefficient (Wildman–Crippen LogP) is 5.12. The van der Waals surface area contributed by atoms with Crippen LogP contribution >= 0.6 is 0 Å². The SMILES string of the molecule is COc1ccccc1C1CCN(c2nc(C3CC3)nc3cccc(N4CC[C@H](OC)C4)c23)CC1. The molecular formula is C28H34N4O2. The highest BCUT2D eigenvalue weighted by atomic mass is 16.5. The zero-order valence-electron chi connectivity index (χ0n) is 20.2. The van der Waals surface area contributed by atoms with Crippen LogP contribution in [0.25, 0.3) is 10.9 Å². The standard InChI is InChI=1S/C28H34N4O2/c1-33-21-14-17-32(18-21)24-8-5-7-23-26(24)28(30-27(29-23)20-10-11-20)31-15-12-19(13-16-31)22-6-3-4-9-25(22)34-2/h3-9,19-21H,10-18H2,1-2H3/t21-/m0/s1. The van der Waals surface area contributed by atoms with Crippen molar-refractivity contribution in [2.24, 2.45) is 0 Å². The largest absolute Gasteiger partial charge is 0.496 e. The fourth-order valence-electron chi connectivity index (χ4n) is 5.73. The third-order valence-electron chi connectivity index (χ3n) is 7.83. The fourth-order valence-corrected chi connectivity index (χ4v) is 5.73. The van der Waals surface area contributed by atoms with Crippen LogP contribution in [-0.4, -0.2) is 56.5 Å². The van der Waals surface area contributed by atoms with Crippen molar-refractivity contribution in [3.8, 4) is 5.75 Å². The molecule has 2 aromatic carbocycles. The number of aromatic nitrogens is 2. The first-order chi connectivity index (χ1) is 16.7. The van der Waals surface area contributed by atoms with E-state index in [-0.39, 0.29) is 0 Å². The van der Waals surface area contributed by atoms with Gasteiger partial charge < -0.3 is 19.3 Å². The van der Waals surface area contributed by atoms with Gasteiger partial charge in [0.2, 0.25) is 0 Å². The van der Waals surface area contributed by atoms with Crippen LogP contribution in [0.5, 0.6) is 5.75 Å². The van der Waals surface area contributed by atoms with Gasteiger partial charge in [-0.3, -0.25) is 0 Å². The van der Waals surface area contributed by atoms with E-state index in [9.17, 15) is 0 Å². The van der Waals surface area contributed by atoms with E-state index in [0.717, 1.165) is 68.3 Å². The van der Waals surface area contributed by atoms with Crippen LogP contribution in [0.15, 0.2) is 42.5 Å². The summed E-state index contributed by atoms with van der Waals surface area (Å²) >= 11 is 0. The van der Waals surface area contributed by atoms with E-state index in [1.165, 1.54) is 29.5 Å². The number of benzene rings is 2. The van der Waals surface area contributed by atoms with Gasteiger partial charge in [-0.1, -0.05) is 24.3 Å². The lowest BCUT2D eigenvalue weighted by atomic mass is 9.88. The van der Waals surface area contributed by atoms with Gasteiger partial charge in [-0.25, -0.2) is 9.97 Å². The van der Waals surface area contributed by atoms with Crippen LogP contribution in [0.4, 0.5) is 11.5 Å². The quantitative estimate of drug-likeness (QED) is 0.511. The number of ether oxygens (including phenoxy) is 2. The van der Waals surface area contributed by atoms with Gasteiger partial charge in [-0.15, -0.1) is 0 Å². The first-order valence-electron chi connectivity index (χ1n) is 12.7. The highest BCUT2D eigenvalue weighted by Crippen LogP contribution is 2.43. The van der Waals surface area contributed by atoms with Gasteiger partial charge in [-0.2, -0.15) is 0 Å². The molecule has 3 aromatic rings. The summed E-state index contributed by atoms with van der Waals surface area (Å²) < 4.78 is 11.3. The van der Waals surface area contributed by atoms with Gasteiger partial charge in [0.25, 0.3) is 0 Å². The van der Waals surface area contributed by atoms with Gasteiger partial charge in [0.05, 0.1) is 24.1 Å². The van der Waals surface area contributed by atoms with Crippen LogP contribution in [0.2, 0.25) is 0 Å². The molecule has 2 saturated heterocycles. The Labute approximate surface area is 201 Å². The average molecular weight is 459 g/mol. The highest BCUT2D eigenvalue weighted by Gasteiger charge is 2.32. The van der Waals surface area contributed by atoms with Crippen molar-refractivity contribution in [1.29, 1.82) is 0 Å². The predicted molar refractivity (Wildman–Crippen MR) is 136 cm³/mol. The normalized spacial score (nSPS) is 21.4. The molecule has 0 spiro atoms. The summed E-state index contributed by atoms with van der Waals surface area (Å²) in [5.74, 6) is 4.21. The molecule has 34 heavy (non-hydrogen) atoms. The van der Waals surface area contributed by atoms with Crippen LogP contribution in [0.3, 0.4) is 0 Å². The molecule has 3 heterocycles. The van der Waals surface area contributed by atoms with Gasteiger partial charge in [-0.05, 0) is 61.8 Å². The molecule has 3 fully saturated rings. The number of para-hydroxylation sites is 1. The Bertz CT molecular complexity index is 1170. The van der Waals surface area contributed by atoms with Crippen molar-refractivity contribution in [3.63, 3.8) is 0 Å². The smallest absolute Gasteiger partial charge is 0.142 e. The minimum Gasteiger partial charge on any atom is -0.496 e. The minimum atomic E-state index is 0.293. The zero-order valence-corrected chi connectivity index (χ0v) is 20.2. The van der Waals surface area contributed by atoms with E-state index in [1.807, 2.05) is 7.11 Å². The van der Waals surface area contributed by atoms with Crippen molar-refractivity contribution in [2.75, 3.05) is 50.2 Å². The second-order valence-corrected chi connectivity index (χ2v) is 9.95. The van der Waals surface area contributed by atoms with E-state index in [1.54, 1.807) is 7.11 Å². The number of rotatable bonds is 6. The lowest BCUT2D eigenvalue weighted by molar-refractivity contribution is 0.121. The molecule has 0 amide bonds. The summed E-state index contributed by atoms with van der Waals surface area (Å²) in [6.07, 6.45) is 5.98. The van der Waals surface area contributed by atoms with Crippen LogP contribution in [0, 0.1) is 0 Å². The zero-order chi connectivity index (χ0) is 23.1. The minimum absolute atomic E-state index is 0.293. The lowest BCUT2D eigenvalue weighted by Crippen LogP contribution is -2.34. The second kappa shape index (κ2) is 9.06. The molecular weight excluding hydrogens is 424 g/mol. The molecule has 1 aromatic heterocycles. The molecule has 2 aliphatic heterocycles. The highest BCUT2D eigenvalue weighted by molar-refractivity contribution is 6.00. The Balaban J connectivity index is 1.34. The van der Waals surface area contributed by atoms with E-state index < -0.39 is 0 Å². The van der Waals surface area contributed by atoms with E-state index in [4.69, 9.17) is 19.4 Å². The number of fused-ring (bicyclic) bond motifs is 1. The van der Waals surface area contributed by atoms with Gasteiger partial charge in [0.15, 0.2) is 0 Å². The Morgan fingerprint density at radius 3 is 2.32 bits per heavy atom. The van der Waals surface area contributed by atoms with Crippen LogP contribution in [-0.2, 0) is 4.74 Å². The Morgan fingerprint density at radius 2 is 1.59 bits per heavy atom. The average Bonchev–Trinajstić information content (AvgIpc) is 3.64. The van der Waals surface area contributed by atoms with Crippen molar-refractivity contribution in [1.82, 2.24) is 9.97 Å². The van der Waals surface area contributed by atoms with E-state index in [2.05, 4.69) is 52.3 Å². The number of piperidine rings is 1. The molecule has 0 bridgehead atoms. The molecule has 0 unspecified atom stereocenters. The van der Waals surface area contributed by atoms with Crippen LogP contribution < -0.4 is 14.5 Å². The van der Waals surface area contributed by atoms with Gasteiger partial charge >= 0.3 is 0 Å². The number of hydrogen-bond donors (Lipinski definition) is 0. The van der Waals surface area contributed by atoms with Crippen molar-refractivity contribution in [2.45, 2.75) is 50.0 Å². The fraction of sp³-hybridized carbons (Fsp3) is 0.500. The molecule has 1 aliphatic carbocycles. The van der Waals surface area contributed by atoms with Gasteiger partial charge in [0, 0.05) is 44.9 Å². The van der Waals surface area contributed by atoms with E-state index >= 15 is 0 Å². The first-order valence-corrected chi connectivity index (χ1v) is 12.7. The topological polar surface area (TPSA) is 50.7 Å². The summed E-state index contributed by atoms with van der Waals surface area (Å²) in [6, 6.07) is 15.0. The van der Waals surface area contributed by atoms with Gasteiger partial charge in [0.1, 0.15) is 17.4 Å². The summed E-state index contributed by atoms with van der Waals surface area (Å²) in [5, 5.41) is 1.21. The summed E-state index contributed by atoms with van der Waals surface area (Å²) in [4.78, 5) is 15.2. The number of methoxy groups -OCH3 is 2. The Morgan fingerprint density at radius 1 is 0.794 bits per heavy atom.